The molecule has 2 heterocycles. The monoisotopic (exact) mass is 368 g/mol. The molecule has 0 atom stereocenters. The van der Waals surface area contributed by atoms with Crippen molar-refractivity contribution < 1.29 is 9.21 Å². The fourth-order valence-electron chi connectivity index (χ4n) is 3.59. The SMILES string of the molecule is O=C(NCc1cccs1)c1cc2cc(NCC3CCCCC3)ccc2o1. The van der Waals surface area contributed by atoms with Gasteiger partial charge >= 0.3 is 0 Å². The van der Waals surface area contributed by atoms with Gasteiger partial charge in [-0.3, -0.25) is 4.79 Å². The largest absolute Gasteiger partial charge is 0.451 e. The average molecular weight is 369 g/mol. The van der Waals surface area contributed by atoms with Gasteiger partial charge in [0, 0.05) is 22.5 Å². The van der Waals surface area contributed by atoms with E-state index in [0.29, 0.717) is 12.3 Å². The summed E-state index contributed by atoms with van der Waals surface area (Å²) in [5, 5.41) is 9.42. The molecule has 1 saturated carbocycles. The highest BCUT2D eigenvalue weighted by Gasteiger charge is 2.14. The van der Waals surface area contributed by atoms with Gasteiger partial charge in [-0.2, -0.15) is 0 Å². The molecule has 1 amide bonds. The lowest BCUT2D eigenvalue weighted by Gasteiger charge is -2.22. The van der Waals surface area contributed by atoms with Crippen LogP contribution in [0.25, 0.3) is 11.0 Å². The summed E-state index contributed by atoms with van der Waals surface area (Å²) in [6, 6.07) is 11.8. The van der Waals surface area contributed by atoms with E-state index in [-0.39, 0.29) is 5.91 Å². The zero-order valence-electron chi connectivity index (χ0n) is 14.8. The molecule has 5 heteroatoms. The van der Waals surface area contributed by atoms with Crippen molar-refractivity contribution in [2.75, 3.05) is 11.9 Å². The zero-order chi connectivity index (χ0) is 17.8. The second kappa shape index (κ2) is 7.96. The van der Waals surface area contributed by atoms with Crippen molar-refractivity contribution >= 4 is 33.9 Å². The summed E-state index contributed by atoms with van der Waals surface area (Å²) in [5.41, 5.74) is 1.84. The van der Waals surface area contributed by atoms with Gasteiger partial charge in [0.15, 0.2) is 5.76 Å². The van der Waals surface area contributed by atoms with Gasteiger partial charge in [0.2, 0.25) is 0 Å². The van der Waals surface area contributed by atoms with Crippen molar-refractivity contribution in [3.8, 4) is 0 Å². The summed E-state index contributed by atoms with van der Waals surface area (Å²) in [6.07, 6.45) is 6.76. The molecule has 2 N–H and O–H groups in total. The number of amides is 1. The molecule has 0 unspecified atom stereocenters. The molecule has 1 aromatic carbocycles. The van der Waals surface area contributed by atoms with Gasteiger partial charge in [0.25, 0.3) is 5.91 Å². The number of furan rings is 1. The van der Waals surface area contributed by atoms with Crippen molar-refractivity contribution in [2.45, 2.75) is 38.6 Å². The number of benzene rings is 1. The molecule has 26 heavy (non-hydrogen) atoms. The first kappa shape index (κ1) is 17.2. The Bertz CT molecular complexity index is 863. The summed E-state index contributed by atoms with van der Waals surface area (Å²) in [4.78, 5) is 13.4. The van der Waals surface area contributed by atoms with Gasteiger partial charge in [-0.1, -0.05) is 25.3 Å². The minimum Gasteiger partial charge on any atom is -0.451 e. The molecule has 1 aliphatic rings. The van der Waals surface area contributed by atoms with E-state index in [2.05, 4.69) is 16.7 Å². The Balaban J connectivity index is 1.39. The van der Waals surface area contributed by atoms with Gasteiger partial charge < -0.3 is 15.1 Å². The average Bonchev–Trinajstić information content (AvgIpc) is 3.34. The molecule has 0 spiro atoms. The van der Waals surface area contributed by atoms with Crippen LogP contribution < -0.4 is 10.6 Å². The highest BCUT2D eigenvalue weighted by Crippen LogP contribution is 2.26. The number of thiophene rings is 1. The van der Waals surface area contributed by atoms with Crippen LogP contribution in [0.5, 0.6) is 0 Å². The predicted molar refractivity (Wildman–Crippen MR) is 107 cm³/mol. The number of nitrogens with one attached hydrogen (secondary N) is 2. The molecular weight excluding hydrogens is 344 g/mol. The van der Waals surface area contributed by atoms with E-state index in [9.17, 15) is 4.79 Å². The molecule has 0 radical (unpaired) electrons. The molecule has 3 aromatic rings. The zero-order valence-corrected chi connectivity index (χ0v) is 15.6. The third kappa shape index (κ3) is 4.10. The summed E-state index contributed by atoms with van der Waals surface area (Å²) >= 11 is 1.63. The summed E-state index contributed by atoms with van der Waals surface area (Å²) in [5.74, 6) is 0.967. The molecule has 1 fully saturated rings. The normalized spacial score (nSPS) is 15.2. The Morgan fingerprint density at radius 3 is 2.85 bits per heavy atom. The predicted octanol–water partition coefficient (Wildman–Crippen LogP) is 5.42. The van der Waals surface area contributed by atoms with E-state index in [0.717, 1.165) is 34.0 Å². The molecule has 4 nitrogen and oxygen atoms in total. The van der Waals surface area contributed by atoms with E-state index >= 15 is 0 Å². The lowest BCUT2D eigenvalue weighted by Crippen LogP contribution is -2.21. The van der Waals surface area contributed by atoms with Crippen LogP contribution in [-0.4, -0.2) is 12.5 Å². The van der Waals surface area contributed by atoms with Crippen LogP contribution >= 0.6 is 11.3 Å². The van der Waals surface area contributed by atoms with E-state index in [4.69, 9.17) is 4.42 Å². The number of rotatable bonds is 6. The Kier molecular flexibility index (Phi) is 5.25. The third-order valence-electron chi connectivity index (χ3n) is 5.06. The topological polar surface area (TPSA) is 54.3 Å². The van der Waals surface area contributed by atoms with Gasteiger partial charge in [-0.25, -0.2) is 0 Å². The highest BCUT2D eigenvalue weighted by atomic mass is 32.1. The number of hydrogen-bond acceptors (Lipinski definition) is 4. The molecule has 2 aromatic heterocycles. The molecule has 1 aliphatic carbocycles. The fraction of sp³-hybridized carbons (Fsp3) is 0.381. The number of anilines is 1. The molecule has 0 bridgehead atoms. The summed E-state index contributed by atoms with van der Waals surface area (Å²) in [7, 11) is 0. The van der Waals surface area contributed by atoms with E-state index in [1.54, 1.807) is 11.3 Å². The maximum absolute atomic E-state index is 12.3. The van der Waals surface area contributed by atoms with Gasteiger partial charge in [-0.15, -0.1) is 11.3 Å². The molecule has 136 valence electrons. The first-order valence-electron chi connectivity index (χ1n) is 9.36. The Morgan fingerprint density at radius 1 is 1.15 bits per heavy atom. The summed E-state index contributed by atoms with van der Waals surface area (Å²) < 4.78 is 5.71. The van der Waals surface area contributed by atoms with Gasteiger partial charge in [0.1, 0.15) is 5.58 Å². The molecule has 0 aliphatic heterocycles. The van der Waals surface area contributed by atoms with Crippen LogP contribution in [0.1, 0.15) is 47.5 Å². The van der Waals surface area contributed by atoms with Crippen LogP contribution in [0.2, 0.25) is 0 Å². The first-order valence-corrected chi connectivity index (χ1v) is 10.2. The smallest absolute Gasteiger partial charge is 0.287 e. The van der Waals surface area contributed by atoms with Crippen LogP contribution in [0.15, 0.2) is 46.2 Å². The van der Waals surface area contributed by atoms with E-state index < -0.39 is 0 Å². The van der Waals surface area contributed by atoms with Gasteiger partial charge in [-0.05, 0) is 54.5 Å². The minimum absolute atomic E-state index is 0.175. The van der Waals surface area contributed by atoms with Crippen LogP contribution in [-0.2, 0) is 6.54 Å². The Labute approximate surface area is 157 Å². The second-order valence-corrected chi connectivity index (χ2v) is 8.04. The summed E-state index contributed by atoms with van der Waals surface area (Å²) in [6.45, 7) is 1.55. The Hall–Kier alpha value is -2.27. The van der Waals surface area contributed by atoms with E-state index in [1.165, 1.54) is 32.1 Å². The standard InChI is InChI=1S/C21H24N2O2S/c24-21(23-14-18-7-4-10-26-18)20-12-16-11-17(8-9-19(16)25-20)22-13-15-5-2-1-3-6-15/h4,7-12,15,22H,1-3,5-6,13-14H2,(H,23,24). The number of fused-ring (bicyclic) bond motifs is 1. The quantitative estimate of drug-likeness (QED) is 0.611. The van der Waals surface area contributed by atoms with Crippen molar-refractivity contribution in [1.29, 1.82) is 0 Å². The first-order chi connectivity index (χ1) is 12.8. The number of hydrogen-bond donors (Lipinski definition) is 2. The Morgan fingerprint density at radius 2 is 2.04 bits per heavy atom. The molecule has 0 saturated heterocycles. The van der Waals surface area contributed by atoms with Crippen molar-refractivity contribution in [3.05, 3.63) is 52.4 Å². The van der Waals surface area contributed by atoms with Crippen molar-refractivity contribution in [1.82, 2.24) is 5.32 Å². The third-order valence-corrected chi connectivity index (χ3v) is 5.94. The van der Waals surface area contributed by atoms with Crippen LogP contribution in [0, 0.1) is 5.92 Å². The maximum Gasteiger partial charge on any atom is 0.287 e. The lowest BCUT2D eigenvalue weighted by molar-refractivity contribution is 0.0925. The minimum atomic E-state index is -0.175. The number of carbonyl (C=O) groups is 1. The van der Waals surface area contributed by atoms with Crippen LogP contribution in [0.4, 0.5) is 5.69 Å². The van der Waals surface area contributed by atoms with Crippen LogP contribution in [0.3, 0.4) is 0 Å². The van der Waals surface area contributed by atoms with E-state index in [1.807, 2.05) is 35.7 Å². The molecule has 4 rings (SSSR count). The second-order valence-electron chi connectivity index (χ2n) is 7.01. The highest BCUT2D eigenvalue weighted by molar-refractivity contribution is 7.09. The lowest BCUT2D eigenvalue weighted by atomic mass is 9.89. The fourth-order valence-corrected chi connectivity index (χ4v) is 4.23. The van der Waals surface area contributed by atoms with Gasteiger partial charge in [0.05, 0.1) is 6.54 Å². The van der Waals surface area contributed by atoms with Crippen molar-refractivity contribution in [3.63, 3.8) is 0 Å². The molecular formula is C21H24N2O2S. The maximum atomic E-state index is 12.3. The van der Waals surface area contributed by atoms with Crippen molar-refractivity contribution in [2.24, 2.45) is 5.92 Å². The number of carbonyl (C=O) groups excluding carboxylic acids is 1.